The van der Waals surface area contributed by atoms with Gasteiger partial charge in [-0.15, -0.1) is 5.10 Å². The fourth-order valence-electron chi connectivity index (χ4n) is 4.00. The van der Waals surface area contributed by atoms with Crippen LogP contribution in [0.4, 0.5) is 0 Å². The summed E-state index contributed by atoms with van der Waals surface area (Å²) in [6.07, 6.45) is 2.47. The number of carbonyl (C=O) groups excluding carboxylic acids is 1. The maximum absolute atomic E-state index is 11.8. The van der Waals surface area contributed by atoms with Crippen molar-refractivity contribution in [3.05, 3.63) is 87.8 Å². The Bertz CT molecular complexity index is 1650. The first-order chi connectivity index (χ1) is 18.2. The second-order valence-electron chi connectivity index (χ2n) is 8.95. The molecule has 0 unspecified atom stereocenters. The zero-order valence-electron chi connectivity index (χ0n) is 21.0. The normalized spacial score (nSPS) is 10.8. The molecule has 3 N–H and O–H groups in total. The van der Waals surface area contributed by atoms with Gasteiger partial charge in [0.25, 0.3) is 0 Å². The van der Waals surface area contributed by atoms with Gasteiger partial charge in [0, 0.05) is 34.7 Å². The van der Waals surface area contributed by atoms with Gasteiger partial charge >= 0.3 is 5.97 Å². The molecule has 0 saturated heterocycles. The molecule has 0 saturated carbocycles. The lowest BCUT2D eigenvalue weighted by Crippen LogP contribution is -2.09. The Morgan fingerprint density at radius 3 is 2.55 bits per heavy atom. The van der Waals surface area contributed by atoms with Crippen molar-refractivity contribution in [2.45, 2.75) is 33.4 Å². The Hall–Kier alpha value is -4.99. The molecule has 0 bridgehead atoms. The number of fused-ring (bicyclic) bond motifs is 2. The van der Waals surface area contributed by atoms with E-state index in [9.17, 15) is 24.6 Å². The fraction of sp³-hybridized carbons (Fsp3) is 0.179. The third-order valence-electron chi connectivity index (χ3n) is 5.81. The molecule has 0 radical (unpaired) electrons. The minimum Gasteiger partial charge on any atom is -0.508 e. The molecule has 2 aliphatic rings. The van der Waals surface area contributed by atoms with Gasteiger partial charge in [0.1, 0.15) is 22.8 Å². The SMILES string of the molecule is CC(C)n1cc(CNC=O)nn1.Cc1ccc(-c2c3ccc(=O)cc-3oc3cc(O)ccc23)c(C(=O)O)c1. The van der Waals surface area contributed by atoms with Gasteiger partial charge in [-0.2, -0.15) is 0 Å². The summed E-state index contributed by atoms with van der Waals surface area (Å²) in [5.41, 5.74) is 3.74. The van der Waals surface area contributed by atoms with Crippen LogP contribution in [0.1, 0.15) is 41.5 Å². The van der Waals surface area contributed by atoms with Gasteiger partial charge in [0.05, 0.1) is 18.3 Å². The maximum atomic E-state index is 11.8. The molecule has 194 valence electrons. The summed E-state index contributed by atoms with van der Waals surface area (Å²) < 4.78 is 7.54. The standard InChI is InChI=1S/C21H14O5.C7H12N4O/c1-11-2-5-14(17(8-11)21(24)25)20-15-6-3-12(22)9-18(15)26-19-10-13(23)4-7-16(19)20;1-6(2)11-4-7(9-10-11)3-8-5-12/h2-10,22H,1H3,(H,24,25);4-6H,3H2,1-2H3,(H,8,12). The average molecular weight is 515 g/mol. The van der Waals surface area contributed by atoms with Gasteiger partial charge in [-0.25, -0.2) is 9.48 Å². The number of hydrogen-bond donors (Lipinski definition) is 3. The number of carboxylic acids is 1. The summed E-state index contributed by atoms with van der Waals surface area (Å²) in [4.78, 5) is 33.5. The smallest absolute Gasteiger partial charge is 0.336 e. The summed E-state index contributed by atoms with van der Waals surface area (Å²) in [7, 11) is 0. The van der Waals surface area contributed by atoms with Crippen LogP contribution in [-0.4, -0.2) is 37.6 Å². The lowest BCUT2D eigenvalue weighted by Gasteiger charge is -2.17. The summed E-state index contributed by atoms with van der Waals surface area (Å²) in [5, 5.41) is 30.4. The molecule has 1 aliphatic carbocycles. The van der Waals surface area contributed by atoms with Crippen LogP contribution in [0.15, 0.2) is 70.0 Å². The van der Waals surface area contributed by atoms with E-state index in [1.165, 1.54) is 24.3 Å². The Labute approximate surface area is 217 Å². The zero-order chi connectivity index (χ0) is 27.4. The topological polar surface area (TPSA) is 148 Å². The van der Waals surface area contributed by atoms with Crippen LogP contribution >= 0.6 is 0 Å². The highest BCUT2D eigenvalue weighted by atomic mass is 16.4. The van der Waals surface area contributed by atoms with Gasteiger partial charge in [0.15, 0.2) is 5.43 Å². The third kappa shape index (κ3) is 5.54. The summed E-state index contributed by atoms with van der Waals surface area (Å²) in [6, 6.07) is 14.6. The predicted octanol–water partition coefficient (Wildman–Crippen LogP) is 4.38. The molecule has 5 rings (SSSR count). The average Bonchev–Trinajstić information content (AvgIpc) is 3.36. The van der Waals surface area contributed by atoms with E-state index in [2.05, 4.69) is 15.6 Å². The number of phenolic OH excluding ortho intramolecular Hbond substituents is 1. The van der Waals surface area contributed by atoms with Crippen LogP contribution < -0.4 is 10.7 Å². The highest BCUT2D eigenvalue weighted by Gasteiger charge is 2.21. The highest BCUT2D eigenvalue weighted by molar-refractivity contribution is 6.07. The Morgan fingerprint density at radius 2 is 1.87 bits per heavy atom. The first kappa shape index (κ1) is 26.1. The number of aryl methyl sites for hydroxylation is 1. The summed E-state index contributed by atoms with van der Waals surface area (Å²) >= 11 is 0. The largest absolute Gasteiger partial charge is 0.508 e. The molecule has 10 nitrogen and oxygen atoms in total. The molecule has 0 atom stereocenters. The molecule has 38 heavy (non-hydrogen) atoms. The van der Waals surface area contributed by atoms with E-state index in [1.54, 1.807) is 28.9 Å². The molecule has 10 heteroatoms. The van der Waals surface area contributed by atoms with E-state index in [0.29, 0.717) is 52.4 Å². The van der Waals surface area contributed by atoms with Crippen molar-refractivity contribution in [1.82, 2.24) is 20.3 Å². The van der Waals surface area contributed by atoms with E-state index in [0.717, 1.165) is 11.3 Å². The predicted molar refractivity (Wildman–Crippen MR) is 141 cm³/mol. The summed E-state index contributed by atoms with van der Waals surface area (Å²) in [6.45, 7) is 6.31. The molecular weight excluding hydrogens is 488 g/mol. The number of hydrogen-bond acceptors (Lipinski definition) is 7. The van der Waals surface area contributed by atoms with Crippen molar-refractivity contribution in [2.75, 3.05) is 0 Å². The van der Waals surface area contributed by atoms with E-state index in [-0.39, 0.29) is 16.7 Å². The Kier molecular flexibility index (Phi) is 7.52. The Balaban J connectivity index is 0.000000236. The molecule has 2 aromatic carbocycles. The molecular formula is C28H26N4O6. The fourth-order valence-corrected chi connectivity index (χ4v) is 4.00. The number of nitrogens with one attached hydrogen (secondary N) is 1. The van der Waals surface area contributed by atoms with E-state index < -0.39 is 5.97 Å². The molecule has 3 aromatic rings. The number of nitrogens with zero attached hydrogens (tertiary/aromatic N) is 3. The van der Waals surface area contributed by atoms with Crippen LogP contribution in [0.5, 0.6) is 5.75 Å². The van der Waals surface area contributed by atoms with Crippen LogP contribution in [0.25, 0.3) is 33.4 Å². The van der Waals surface area contributed by atoms with E-state index in [4.69, 9.17) is 4.42 Å². The number of rotatable bonds is 6. The third-order valence-corrected chi connectivity index (χ3v) is 5.81. The highest BCUT2D eigenvalue weighted by Crippen LogP contribution is 2.42. The number of phenols is 1. The van der Waals surface area contributed by atoms with E-state index in [1.807, 2.05) is 33.0 Å². The first-order valence-corrected chi connectivity index (χ1v) is 11.8. The quantitative estimate of drug-likeness (QED) is 0.223. The lowest BCUT2D eigenvalue weighted by molar-refractivity contribution is -0.109. The molecule has 1 aromatic heterocycles. The monoisotopic (exact) mass is 514 g/mol. The minimum absolute atomic E-state index is 0.0205. The van der Waals surface area contributed by atoms with E-state index >= 15 is 0 Å². The zero-order valence-corrected chi connectivity index (χ0v) is 21.0. The Morgan fingerprint density at radius 1 is 1.11 bits per heavy atom. The van der Waals surface area contributed by atoms with Crippen LogP contribution in [0, 0.1) is 6.92 Å². The molecule has 1 aliphatic heterocycles. The number of carboxylic acid groups (broad SMARTS) is 1. The van der Waals surface area contributed by atoms with Crippen molar-refractivity contribution in [1.29, 1.82) is 0 Å². The van der Waals surface area contributed by atoms with Gasteiger partial charge in [-0.05, 0) is 56.7 Å². The number of aromatic carboxylic acids is 1. The molecule has 0 fully saturated rings. The lowest BCUT2D eigenvalue weighted by atomic mass is 9.90. The van der Waals surface area contributed by atoms with Gasteiger partial charge in [-0.3, -0.25) is 9.59 Å². The summed E-state index contributed by atoms with van der Waals surface area (Å²) in [5.74, 6) is -0.681. The van der Waals surface area contributed by atoms with Crippen LogP contribution in [0.2, 0.25) is 0 Å². The number of carbonyl (C=O) groups is 2. The molecule has 0 spiro atoms. The minimum atomic E-state index is -1.04. The van der Waals surface area contributed by atoms with Crippen molar-refractivity contribution < 1.29 is 24.2 Å². The maximum Gasteiger partial charge on any atom is 0.336 e. The van der Waals surface area contributed by atoms with Gasteiger partial charge < -0.3 is 19.9 Å². The first-order valence-electron chi connectivity index (χ1n) is 11.8. The van der Waals surface area contributed by atoms with Gasteiger partial charge in [-0.1, -0.05) is 22.9 Å². The van der Waals surface area contributed by atoms with Crippen molar-refractivity contribution in [2.24, 2.45) is 0 Å². The number of benzene rings is 3. The molecule has 1 amide bonds. The van der Waals surface area contributed by atoms with Crippen molar-refractivity contribution in [3.8, 4) is 28.2 Å². The van der Waals surface area contributed by atoms with Crippen LogP contribution in [0.3, 0.4) is 0 Å². The second-order valence-corrected chi connectivity index (χ2v) is 8.95. The number of aromatic hydroxyl groups is 1. The number of aromatic nitrogens is 3. The molecule has 2 heterocycles. The second kappa shape index (κ2) is 11.0. The van der Waals surface area contributed by atoms with Gasteiger partial charge in [0.2, 0.25) is 6.41 Å². The number of amides is 1. The van der Waals surface area contributed by atoms with Crippen molar-refractivity contribution >= 4 is 23.3 Å². The van der Waals surface area contributed by atoms with Crippen molar-refractivity contribution in [3.63, 3.8) is 0 Å². The van der Waals surface area contributed by atoms with Crippen LogP contribution in [-0.2, 0) is 11.3 Å².